The first kappa shape index (κ1) is 22.0. The van der Waals surface area contributed by atoms with Crippen LogP contribution in [0.15, 0.2) is 4.99 Å². The van der Waals surface area contributed by atoms with Crippen LogP contribution in [0.3, 0.4) is 0 Å². The van der Waals surface area contributed by atoms with E-state index in [-0.39, 0.29) is 42.5 Å². The lowest BCUT2D eigenvalue weighted by molar-refractivity contribution is -0.124. The predicted molar refractivity (Wildman–Crippen MR) is 110 cm³/mol. The molecular weight excluding hydrogens is 433 g/mol. The van der Waals surface area contributed by atoms with Crippen LogP contribution in [0, 0.1) is 5.92 Å². The molecule has 0 aromatic heterocycles. The highest BCUT2D eigenvalue weighted by atomic mass is 127. The average molecular weight is 465 g/mol. The van der Waals surface area contributed by atoms with Crippen molar-refractivity contribution >= 4 is 41.9 Å². The minimum Gasteiger partial charge on any atom is -0.355 e. The third kappa shape index (κ3) is 7.37. The fourth-order valence-corrected chi connectivity index (χ4v) is 3.43. The first-order valence-electron chi connectivity index (χ1n) is 9.15. The van der Waals surface area contributed by atoms with Crippen molar-refractivity contribution in [3.8, 4) is 0 Å². The minimum absolute atomic E-state index is 0. The second kappa shape index (κ2) is 11.5. The molecule has 3 amide bonds. The molecule has 0 bridgehead atoms. The number of amides is 3. The van der Waals surface area contributed by atoms with E-state index in [1.54, 1.807) is 7.05 Å². The van der Waals surface area contributed by atoms with Crippen LogP contribution in [-0.2, 0) is 4.79 Å². The maximum absolute atomic E-state index is 11.5. The Balaban J connectivity index is 0.00000312. The van der Waals surface area contributed by atoms with Crippen LogP contribution in [0.2, 0.25) is 0 Å². The molecule has 1 aliphatic heterocycles. The molecule has 0 aromatic rings. The Hall–Kier alpha value is -1.06. The summed E-state index contributed by atoms with van der Waals surface area (Å²) in [4.78, 5) is 28.4. The number of rotatable bonds is 7. The van der Waals surface area contributed by atoms with Crippen LogP contribution < -0.4 is 16.0 Å². The summed E-state index contributed by atoms with van der Waals surface area (Å²) in [5.74, 6) is 1.43. The third-order valence-electron chi connectivity index (χ3n) is 4.90. The van der Waals surface area contributed by atoms with Gasteiger partial charge in [0.2, 0.25) is 5.91 Å². The number of carbonyl (C=O) groups excluding carboxylic acids is 2. The molecule has 0 spiro atoms. The van der Waals surface area contributed by atoms with E-state index in [9.17, 15) is 9.59 Å². The number of halogens is 1. The number of hydrogen-bond donors (Lipinski definition) is 3. The Morgan fingerprint density at radius 1 is 1.32 bits per heavy atom. The van der Waals surface area contributed by atoms with Crippen molar-refractivity contribution in [1.29, 1.82) is 0 Å². The summed E-state index contributed by atoms with van der Waals surface area (Å²) in [7, 11) is 1.73. The molecule has 1 atom stereocenters. The topological polar surface area (TPSA) is 85.8 Å². The molecule has 8 heteroatoms. The molecule has 3 N–H and O–H groups in total. The van der Waals surface area contributed by atoms with Gasteiger partial charge in [0.25, 0.3) is 0 Å². The molecule has 1 aliphatic carbocycles. The quantitative estimate of drug-likeness (QED) is 0.233. The fraction of sp³-hybridized carbons (Fsp3) is 0.824. The zero-order chi connectivity index (χ0) is 17.4. The molecule has 2 aliphatic rings. The highest BCUT2D eigenvalue weighted by Crippen LogP contribution is 2.27. The van der Waals surface area contributed by atoms with Crippen LogP contribution >= 0.6 is 24.0 Å². The van der Waals surface area contributed by atoms with Crippen LogP contribution in [0.25, 0.3) is 0 Å². The van der Waals surface area contributed by atoms with Crippen molar-refractivity contribution in [2.24, 2.45) is 10.9 Å². The lowest BCUT2D eigenvalue weighted by Gasteiger charge is -2.24. The zero-order valence-electron chi connectivity index (χ0n) is 15.3. The normalized spacial score (nSPS) is 20.1. The van der Waals surface area contributed by atoms with Crippen LogP contribution in [0.1, 0.15) is 51.9 Å². The van der Waals surface area contributed by atoms with Crippen molar-refractivity contribution in [3.63, 3.8) is 0 Å². The largest absolute Gasteiger partial charge is 0.355 e. The summed E-state index contributed by atoms with van der Waals surface area (Å²) in [6.45, 7) is 3.12. The summed E-state index contributed by atoms with van der Waals surface area (Å²) in [6.07, 6.45) is 9.35. The average Bonchev–Trinajstić information content (AvgIpc) is 2.91. The van der Waals surface area contributed by atoms with Gasteiger partial charge in [0.1, 0.15) is 0 Å². The number of guanidine groups is 1. The second-order valence-electron chi connectivity index (χ2n) is 6.83. The smallest absolute Gasteiger partial charge is 0.324 e. The van der Waals surface area contributed by atoms with Crippen LogP contribution in [-0.4, -0.2) is 55.5 Å². The van der Waals surface area contributed by atoms with E-state index in [4.69, 9.17) is 0 Å². The van der Waals surface area contributed by atoms with E-state index in [0.29, 0.717) is 19.1 Å². The highest BCUT2D eigenvalue weighted by Gasteiger charge is 2.27. The minimum atomic E-state index is -0.314. The Bertz CT molecular complexity index is 450. The zero-order valence-corrected chi connectivity index (χ0v) is 17.7. The van der Waals surface area contributed by atoms with Gasteiger partial charge in [-0.3, -0.25) is 14.7 Å². The van der Waals surface area contributed by atoms with E-state index in [0.717, 1.165) is 18.3 Å². The number of nitrogens with zero attached hydrogens (tertiary/aromatic N) is 2. The van der Waals surface area contributed by atoms with Gasteiger partial charge in [-0.15, -0.1) is 24.0 Å². The molecule has 2 rings (SSSR count). The summed E-state index contributed by atoms with van der Waals surface area (Å²) in [5.41, 5.74) is 0. The molecule has 2 fully saturated rings. The number of imide groups is 1. The summed E-state index contributed by atoms with van der Waals surface area (Å²) >= 11 is 0. The molecule has 1 unspecified atom stereocenters. The summed E-state index contributed by atoms with van der Waals surface area (Å²) in [6, 6.07) is 0.0421. The van der Waals surface area contributed by atoms with E-state index in [1.807, 2.05) is 0 Å². The van der Waals surface area contributed by atoms with E-state index in [2.05, 4.69) is 27.9 Å². The SMILES string of the molecule is CN=C(NCCN1C(=O)CNC1=O)NC(C)CCC1CCCCC1.I. The lowest BCUT2D eigenvalue weighted by atomic mass is 9.85. The van der Waals surface area contributed by atoms with Gasteiger partial charge in [0.15, 0.2) is 5.96 Å². The summed E-state index contributed by atoms with van der Waals surface area (Å²) < 4.78 is 0. The van der Waals surface area contributed by atoms with Gasteiger partial charge < -0.3 is 16.0 Å². The monoisotopic (exact) mass is 465 g/mol. The van der Waals surface area contributed by atoms with Gasteiger partial charge in [-0.25, -0.2) is 4.79 Å². The van der Waals surface area contributed by atoms with Gasteiger partial charge in [-0.1, -0.05) is 32.1 Å². The van der Waals surface area contributed by atoms with Crippen LogP contribution in [0.4, 0.5) is 4.79 Å². The van der Waals surface area contributed by atoms with E-state index < -0.39 is 0 Å². The summed E-state index contributed by atoms with van der Waals surface area (Å²) in [5, 5.41) is 9.08. The van der Waals surface area contributed by atoms with E-state index >= 15 is 0 Å². The molecule has 0 aromatic carbocycles. The van der Waals surface area contributed by atoms with Gasteiger partial charge >= 0.3 is 6.03 Å². The van der Waals surface area contributed by atoms with Gasteiger partial charge in [0.05, 0.1) is 6.54 Å². The van der Waals surface area contributed by atoms with Crippen molar-refractivity contribution in [1.82, 2.24) is 20.9 Å². The number of nitrogens with one attached hydrogen (secondary N) is 3. The second-order valence-corrected chi connectivity index (χ2v) is 6.83. The van der Waals surface area contributed by atoms with Crippen molar-refractivity contribution in [3.05, 3.63) is 0 Å². The van der Waals surface area contributed by atoms with Crippen LogP contribution in [0.5, 0.6) is 0 Å². The van der Waals surface area contributed by atoms with Gasteiger partial charge in [0, 0.05) is 26.2 Å². The van der Waals surface area contributed by atoms with Gasteiger partial charge in [-0.2, -0.15) is 0 Å². The molecule has 7 nitrogen and oxygen atoms in total. The Morgan fingerprint density at radius 2 is 2.04 bits per heavy atom. The number of hydrogen-bond acceptors (Lipinski definition) is 3. The number of aliphatic imine (C=N–C) groups is 1. The molecule has 25 heavy (non-hydrogen) atoms. The number of carbonyl (C=O) groups is 2. The van der Waals surface area contributed by atoms with Crippen molar-refractivity contribution in [2.45, 2.75) is 57.9 Å². The Labute approximate surface area is 167 Å². The molecule has 0 radical (unpaired) electrons. The molecule has 1 heterocycles. The standard InChI is InChI=1S/C17H31N5O2.HI/c1-13(8-9-14-6-4-3-5-7-14)21-16(18-2)19-10-11-22-15(23)12-20-17(22)24;/h13-14H,3-12H2,1-2H3,(H,20,24)(H2,18,19,21);1H. The maximum Gasteiger partial charge on any atom is 0.324 e. The lowest BCUT2D eigenvalue weighted by Crippen LogP contribution is -2.45. The number of urea groups is 1. The molecule has 1 saturated carbocycles. The molecule has 1 saturated heterocycles. The van der Waals surface area contributed by atoms with Crippen molar-refractivity contribution in [2.75, 3.05) is 26.7 Å². The van der Waals surface area contributed by atoms with E-state index in [1.165, 1.54) is 43.4 Å². The molecule has 144 valence electrons. The predicted octanol–water partition coefficient (Wildman–Crippen LogP) is 2.07. The molecular formula is C17H32IN5O2. The first-order valence-corrected chi connectivity index (χ1v) is 9.15. The highest BCUT2D eigenvalue weighted by molar-refractivity contribution is 14.0. The third-order valence-corrected chi connectivity index (χ3v) is 4.90. The first-order chi connectivity index (χ1) is 11.6. The fourth-order valence-electron chi connectivity index (χ4n) is 3.43. The van der Waals surface area contributed by atoms with Gasteiger partial charge in [-0.05, 0) is 25.7 Å². The van der Waals surface area contributed by atoms with Crippen molar-refractivity contribution < 1.29 is 9.59 Å². The Kier molecular flexibility index (Phi) is 10.1. The Morgan fingerprint density at radius 3 is 2.64 bits per heavy atom. The maximum atomic E-state index is 11.5.